The standard InChI is InChI=1S/C16H19N3O3S/c1-10-3-4-14-12(7-10)15(20)11(9-22-14)8-18-19-16(21)13(17)5-6-23-2/h3-4,7-9,13H,5-6,17H2,1-2H3,(H,19,21)/t13-/m0/s1. The van der Waals surface area contributed by atoms with Crippen molar-refractivity contribution in [2.75, 3.05) is 12.0 Å². The van der Waals surface area contributed by atoms with Crippen LogP contribution in [0, 0.1) is 6.92 Å². The number of hydrogen-bond acceptors (Lipinski definition) is 6. The molecule has 0 bridgehead atoms. The number of hydrogen-bond donors (Lipinski definition) is 2. The number of thioether (sulfide) groups is 1. The Bertz CT molecular complexity index is 786. The normalized spacial score (nSPS) is 12.7. The first-order chi connectivity index (χ1) is 11.0. The van der Waals surface area contributed by atoms with Crippen LogP contribution in [0.4, 0.5) is 0 Å². The van der Waals surface area contributed by atoms with E-state index in [4.69, 9.17) is 10.2 Å². The van der Waals surface area contributed by atoms with Gasteiger partial charge in [0.05, 0.1) is 23.2 Å². The number of benzene rings is 1. The van der Waals surface area contributed by atoms with Crippen LogP contribution in [0.25, 0.3) is 11.0 Å². The molecule has 2 aromatic rings. The van der Waals surface area contributed by atoms with E-state index in [0.29, 0.717) is 17.4 Å². The van der Waals surface area contributed by atoms with Crippen molar-refractivity contribution in [1.29, 1.82) is 0 Å². The Morgan fingerprint density at radius 2 is 2.30 bits per heavy atom. The van der Waals surface area contributed by atoms with Crippen molar-refractivity contribution in [3.05, 3.63) is 45.8 Å². The second-order valence-electron chi connectivity index (χ2n) is 5.14. The Morgan fingerprint density at radius 1 is 1.52 bits per heavy atom. The number of amides is 1. The first-order valence-corrected chi connectivity index (χ1v) is 8.52. The van der Waals surface area contributed by atoms with Gasteiger partial charge in [-0.3, -0.25) is 9.59 Å². The van der Waals surface area contributed by atoms with E-state index in [2.05, 4.69) is 10.5 Å². The van der Waals surface area contributed by atoms with Crippen molar-refractivity contribution < 1.29 is 9.21 Å². The molecule has 2 rings (SSSR count). The van der Waals surface area contributed by atoms with Crippen LogP contribution in [-0.2, 0) is 4.79 Å². The van der Waals surface area contributed by atoms with Crippen molar-refractivity contribution in [3.63, 3.8) is 0 Å². The molecular weight excluding hydrogens is 314 g/mol. The second-order valence-corrected chi connectivity index (χ2v) is 6.13. The predicted molar refractivity (Wildman–Crippen MR) is 93.9 cm³/mol. The lowest BCUT2D eigenvalue weighted by molar-refractivity contribution is -0.122. The van der Waals surface area contributed by atoms with Crippen LogP contribution in [0.15, 0.2) is 38.8 Å². The lowest BCUT2D eigenvalue weighted by atomic mass is 10.1. The van der Waals surface area contributed by atoms with Gasteiger partial charge in [0.15, 0.2) is 0 Å². The van der Waals surface area contributed by atoms with Crippen molar-refractivity contribution in [1.82, 2.24) is 5.43 Å². The van der Waals surface area contributed by atoms with Crippen LogP contribution >= 0.6 is 11.8 Å². The Morgan fingerprint density at radius 3 is 3.04 bits per heavy atom. The zero-order valence-corrected chi connectivity index (χ0v) is 13.9. The van der Waals surface area contributed by atoms with E-state index in [0.717, 1.165) is 11.3 Å². The van der Waals surface area contributed by atoms with Crippen LogP contribution in [0.2, 0.25) is 0 Å². The van der Waals surface area contributed by atoms with E-state index in [1.165, 1.54) is 12.5 Å². The zero-order valence-electron chi connectivity index (χ0n) is 13.0. The van der Waals surface area contributed by atoms with Crippen LogP contribution in [-0.4, -0.2) is 30.2 Å². The Hall–Kier alpha value is -2.12. The third-order valence-electron chi connectivity index (χ3n) is 3.30. The molecule has 1 amide bonds. The molecule has 0 aliphatic heterocycles. The number of carbonyl (C=O) groups excluding carboxylic acids is 1. The van der Waals surface area contributed by atoms with E-state index in [-0.39, 0.29) is 16.9 Å². The van der Waals surface area contributed by atoms with Gasteiger partial charge in [0.1, 0.15) is 11.8 Å². The molecule has 0 radical (unpaired) electrons. The third kappa shape index (κ3) is 4.43. The van der Waals surface area contributed by atoms with Gasteiger partial charge in [0.2, 0.25) is 5.43 Å². The van der Waals surface area contributed by atoms with Gasteiger partial charge in [-0.25, -0.2) is 5.43 Å². The van der Waals surface area contributed by atoms with Crippen LogP contribution < -0.4 is 16.6 Å². The minimum atomic E-state index is -0.615. The highest BCUT2D eigenvalue weighted by Gasteiger charge is 2.11. The fourth-order valence-electron chi connectivity index (χ4n) is 1.97. The molecule has 0 saturated heterocycles. The topological polar surface area (TPSA) is 97.7 Å². The number of carbonyl (C=O) groups is 1. The maximum atomic E-state index is 12.3. The van der Waals surface area contributed by atoms with E-state index in [1.807, 2.05) is 19.2 Å². The molecule has 0 aliphatic rings. The average molecular weight is 333 g/mol. The van der Waals surface area contributed by atoms with Gasteiger partial charge < -0.3 is 10.2 Å². The fraction of sp³-hybridized carbons (Fsp3) is 0.312. The maximum absolute atomic E-state index is 12.3. The number of aryl methyl sites for hydroxylation is 1. The summed E-state index contributed by atoms with van der Waals surface area (Å²) < 4.78 is 5.41. The van der Waals surface area contributed by atoms with Gasteiger partial charge in [0, 0.05) is 0 Å². The van der Waals surface area contributed by atoms with Gasteiger partial charge in [-0.05, 0) is 37.5 Å². The largest absolute Gasteiger partial charge is 0.463 e. The summed E-state index contributed by atoms with van der Waals surface area (Å²) in [7, 11) is 0. The average Bonchev–Trinajstić information content (AvgIpc) is 2.55. The smallest absolute Gasteiger partial charge is 0.256 e. The molecule has 1 atom stereocenters. The first-order valence-electron chi connectivity index (χ1n) is 7.12. The van der Waals surface area contributed by atoms with Gasteiger partial charge in [0.25, 0.3) is 5.91 Å². The molecule has 6 nitrogen and oxygen atoms in total. The second kappa shape index (κ2) is 7.94. The van der Waals surface area contributed by atoms with Gasteiger partial charge in [-0.2, -0.15) is 16.9 Å². The number of nitrogens with two attached hydrogens (primary N) is 1. The highest BCUT2D eigenvalue weighted by molar-refractivity contribution is 7.98. The third-order valence-corrected chi connectivity index (χ3v) is 3.95. The first kappa shape index (κ1) is 17.2. The van der Waals surface area contributed by atoms with E-state index in [9.17, 15) is 9.59 Å². The quantitative estimate of drug-likeness (QED) is 0.618. The van der Waals surface area contributed by atoms with Gasteiger partial charge >= 0.3 is 0 Å². The van der Waals surface area contributed by atoms with E-state index < -0.39 is 6.04 Å². The van der Waals surface area contributed by atoms with Crippen molar-refractivity contribution in [2.45, 2.75) is 19.4 Å². The molecule has 0 spiro atoms. The molecular formula is C16H19N3O3S. The van der Waals surface area contributed by atoms with Crippen molar-refractivity contribution in [3.8, 4) is 0 Å². The molecule has 7 heteroatoms. The van der Waals surface area contributed by atoms with Crippen LogP contribution in [0.3, 0.4) is 0 Å². The minimum Gasteiger partial charge on any atom is -0.463 e. The van der Waals surface area contributed by atoms with Crippen molar-refractivity contribution >= 4 is 34.9 Å². The highest BCUT2D eigenvalue weighted by atomic mass is 32.2. The molecule has 1 heterocycles. The van der Waals surface area contributed by atoms with Crippen LogP contribution in [0.1, 0.15) is 17.5 Å². The molecule has 0 unspecified atom stereocenters. The Kier molecular flexibility index (Phi) is 5.95. The molecule has 23 heavy (non-hydrogen) atoms. The molecule has 122 valence electrons. The monoisotopic (exact) mass is 333 g/mol. The Balaban J connectivity index is 2.11. The summed E-state index contributed by atoms with van der Waals surface area (Å²) >= 11 is 1.62. The summed E-state index contributed by atoms with van der Waals surface area (Å²) in [5, 5.41) is 4.27. The lowest BCUT2D eigenvalue weighted by Gasteiger charge is -2.07. The van der Waals surface area contributed by atoms with Gasteiger partial charge in [-0.1, -0.05) is 11.6 Å². The van der Waals surface area contributed by atoms with E-state index in [1.54, 1.807) is 23.9 Å². The van der Waals surface area contributed by atoms with Crippen LogP contribution in [0.5, 0.6) is 0 Å². The molecule has 0 saturated carbocycles. The number of nitrogens with zero attached hydrogens (tertiary/aromatic N) is 1. The molecule has 3 N–H and O–H groups in total. The molecule has 0 fully saturated rings. The summed E-state index contributed by atoms with van der Waals surface area (Å²) in [6.07, 6.45) is 5.11. The number of nitrogens with one attached hydrogen (secondary N) is 1. The summed E-state index contributed by atoms with van der Waals surface area (Å²) in [5.41, 5.74) is 9.62. The van der Waals surface area contributed by atoms with E-state index >= 15 is 0 Å². The summed E-state index contributed by atoms with van der Waals surface area (Å²) in [5.74, 6) is 0.419. The number of hydrazone groups is 1. The predicted octanol–water partition coefficient (Wildman–Crippen LogP) is 1.63. The summed E-state index contributed by atoms with van der Waals surface area (Å²) in [6.45, 7) is 1.90. The maximum Gasteiger partial charge on any atom is 0.256 e. The molecule has 1 aromatic heterocycles. The molecule has 1 aromatic carbocycles. The zero-order chi connectivity index (χ0) is 16.8. The van der Waals surface area contributed by atoms with Crippen molar-refractivity contribution in [2.24, 2.45) is 10.8 Å². The lowest BCUT2D eigenvalue weighted by Crippen LogP contribution is -2.38. The Labute approximate surface area is 138 Å². The number of rotatable bonds is 6. The SMILES string of the molecule is CSCC[C@H](N)C(=O)NN=Cc1coc2ccc(C)cc2c1=O. The summed E-state index contributed by atoms with van der Waals surface area (Å²) in [4.78, 5) is 24.1. The fourth-order valence-corrected chi connectivity index (χ4v) is 2.46. The number of fused-ring (bicyclic) bond motifs is 1. The minimum absolute atomic E-state index is 0.195. The molecule has 0 aliphatic carbocycles. The summed E-state index contributed by atoms with van der Waals surface area (Å²) in [6, 6.07) is 4.76. The highest BCUT2D eigenvalue weighted by Crippen LogP contribution is 2.12. The van der Waals surface area contributed by atoms with Gasteiger partial charge in [-0.15, -0.1) is 0 Å².